The molecule has 0 fully saturated rings. The van der Waals surface area contributed by atoms with E-state index in [1.54, 1.807) is 17.7 Å². The Morgan fingerprint density at radius 2 is 1.84 bits per heavy atom. The summed E-state index contributed by atoms with van der Waals surface area (Å²) < 4.78 is 5.12. The van der Waals surface area contributed by atoms with Crippen LogP contribution < -0.4 is 5.32 Å². The Hall–Kier alpha value is -1.18. The third kappa shape index (κ3) is 11.1. The van der Waals surface area contributed by atoms with Gasteiger partial charge in [-0.15, -0.1) is 0 Å². The molecule has 0 heterocycles. The van der Waals surface area contributed by atoms with Gasteiger partial charge in [-0.05, 0) is 33.0 Å². The van der Waals surface area contributed by atoms with Gasteiger partial charge in [0, 0.05) is 24.5 Å². The van der Waals surface area contributed by atoms with Crippen LogP contribution in [-0.4, -0.2) is 55.0 Å². The molecule has 5 nitrogen and oxygen atoms in total. The second-order valence-electron chi connectivity index (χ2n) is 5.94. The number of nitrogens with one attached hydrogen (secondary N) is 1. The molecule has 25 heavy (non-hydrogen) atoms. The average molecular weight is 385 g/mol. The molecule has 1 amide bonds. The highest BCUT2D eigenvalue weighted by molar-refractivity contribution is 8.76. The van der Waals surface area contributed by atoms with Crippen LogP contribution in [0.15, 0.2) is 30.3 Å². The Morgan fingerprint density at radius 1 is 1.16 bits per heavy atom. The lowest BCUT2D eigenvalue weighted by Crippen LogP contribution is -2.38. The Morgan fingerprint density at radius 3 is 2.52 bits per heavy atom. The maximum absolute atomic E-state index is 12.0. The molecule has 0 bridgehead atoms. The molecule has 0 aliphatic rings. The third-order valence-corrected chi connectivity index (χ3v) is 5.86. The number of alkyl carbamates (subject to hydrolysis) is 1. The van der Waals surface area contributed by atoms with Gasteiger partial charge in [0.05, 0.1) is 6.04 Å². The van der Waals surface area contributed by atoms with E-state index in [2.05, 4.69) is 24.3 Å². The Kier molecular flexibility index (Phi) is 11.4. The van der Waals surface area contributed by atoms with Crippen molar-refractivity contribution < 1.29 is 14.3 Å². The lowest BCUT2D eigenvalue weighted by atomic mass is 10.1. The molecular formula is C18H28N2O3S2. The molecule has 0 spiro atoms. The number of benzene rings is 1. The summed E-state index contributed by atoms with van der Waals surface area (Å²) in [4.78, 5) is 25.9. The molecule has 0 saturated carbocycles. The average Bonchev–Trinajstić information content (AvgIpc) is 2.59. The van der Waals surface area contributed by atoms with Gasteiger partial charge in [0.15, 0.2) is 5.78 Å². The highest BCUT2D eigenvalue weighted by Crippen LogP contribution is 2.22. The number of nitrogens with zero attached hydrogens (tertiary/aromatic N) is 1. The van der Waals surface area contributed by atoms with Gasteiger partial charge in [-0.2, -0.15) is 0 Å². The first-order valence-electron chi connectivity index (χ1n) is 8.38. The molecule has 1 unspecified atom stereocenters. The van der Waals surface area contributed by atoms with E-state index in [0.29, 0.717) is 6.42 Å². The predicted molar refractivity (Wildman–Crippen MR) is 107 cm³/mol. The predicted octanol–water partition coefficient (Wildman–Crippen LogP) is 3.59. The molecular weight excluding hydrogens is 356 g/mol. The van der Waals surface area contributed by atoms with Crippen molar-refractivity contribution in [3.05, 3.63) is 35.9 Å². The van der Waals surface area contributed by atoms with E-state index in [9.17, 15) is 9.59 Å². The van der Waals surface area contributed by atoms with E-state index in [1.807, 2.05) is 41.1 Å². The van der Waals surface area contributed by atoms with Crippen molar-refractivity contribution in [3.63, 3.8) is 0 Å². The third-order valence-electron chi connectivity index (χ3n) is 3.39. The Balaban J connectivity index is 2.09. The molecule has 1 aromatic rings. The van der Waals surface area contributed by atoms with E-state index in [1.165, 1.54) is 0 Å². The van der Waals surface area contributed by atoms with E-state index >= 15 is 0 Å². The maximum Gasteiger partial charge on any atom is 0.408 e. The van der Waals surface area contributed by atoms with Crippen LogP contribution in [0.5, 0.6) is 0 Å². The van der Waals surface area contributed by atoms with Crippen molar-refractivity contribution in [3.8, 4) is 0 Å². The molecule has 1 atom stereocenters. The normalized spacial score (nSPS) is 12.0. The van der Waals surface area contributed by atoms with E-state index in [4.69, 9.17) is 4.74 Å². The molecule has 0 aliphatic carbocycles. The monoisotopic (exact) mass is 384 g/mol. The zero-order chi connectivity index (χ0) is 18.5. The number of ether oxygens (including phenoxy) is 1. The fraction of sp³-hybridized carbons (Fsp3) is 0.556. The number of carbonyl (C=O) groups excluding carboxylic acids is 2. The molecule has 1 aromatic carbocycles. The molecule has 140 valence electrons. The van der Waals surface area contributed by atoms with Gasteiger partial charge in [-0.25, -0.2) is 4.79 Å². The highest BCUT2D eigenvalue weighted by atomic mass is 33.1. The molecule has 1 rings (SSSR count). The van der Waals surface area contributed by atoms with Crippen molar-refractivity contribution >= 4 is 33.5 Å². The molecule has 0 saturated heterocycles. The number of amides is 1. The van der Waals surface area contributed by atoms with Gasteiger partial charge < -0.3 is 15.0 Å². The van der Waals surface area contributed by atoms with Gasteiger partial charge in [0.25, 0.3) is 0 Å². The molecule has 0 aromatic heterocycles. The zero-order valence-electron chi connectivity index (χ0n) is 15.2. The van der Waals surface area contributed by atoms with Gasteiger partial charge in [0.2, 0.25) is 0 Å². The Bertz CT molecular complexity index is 512. The Labute approximate surface area is 158 Å². The summed E-state index contributed by atoms with van der Waals surface area (Å²) in [6, 6.07) is 8.93. The minimum absolute atomic E-state index is 0.0375. The minimum atomic E-state index is -0.557. The summed E-state index contributed by atoms with van der Waals surface area (Å²) >= 11 is 0. The van der Waals surface area contributed by atoms with Crippen LogP contribution in [0.3, 0.4) is 0 Å². The second-order valence-corrected chi connectivity index (χ2v) is 8.65. The SMILES string of the molecule is CC(NC(=O)OCc1ccccc1)C(=O)CCCSSCCN(C)C. The molecule has 0 aliphatic heterocycles. The van der Waals surface area contributed by atoms with Gasteiger partial charge in [0.1, 0.15) is 6.61 Å². The number of Topliss-reactive ketones (excluding diaryl/α,β-unsaturated/α-hetero) is 1. The number of hydrogen-bond donors (Lipinski definition) is 1. The van der Waals surface area contributed by atoms with Crippen LogP contribution in [0.25, 0.3) is 0 Å². The summed E-state index contributed by atoms with van der Waals surface area (Å²) in [5, 5.41) is 2.60. The fourth-order valence-electron chi connectivity index (χ4n) is 1.88. The largest absolute Gasteiger partial charge is 0.445 e. The molecule has 1 N–H and O–H groups in total. The van der Waals surface area contributed by atoms with E-state index in [0.717, 1.165) is 30.0 Å². The number of carbonyl (C=O) groups is 2. The van der Waals surface area contributed by atoms with Crippen LogP contribution >= 0.6 is 21.6 Å². The van der Waals surface area contributed by atoms with Crippen LogP contribution in [0.2, 0.25) is 0 Å². The summed E-state index contributed by atoms with van der Waals surface area (Å²) in [6.45, 7) is 2.96. The van der Waals surface area contributed by atoms with Crippen molar-refractivity contribution in [1.82, 2.24) is 10.2 Å². The summed E-state index contributed by atoms with van der Waals surface area (Å²) in [5.74, 6) is 2.06. The smallest absolute Gasteiger partial charge is 0.408 e. The summed E-state index contributed by atoms with van der Waals surface area (Å²) in [6.07, 6.45) is 0.739. The first-order valence-corrected chi connectivity index (χ1v) is 10.9. The highest BCUT2D eigenvalue weighted by Gasteiger charge is 2.15. The van der Waals surface area contributed by atoms with Gasteiger partial charge in [-0.1, -0.05) is 51.9 Å². The van der Waals surface area contributed by atoms with Gasteiger partial charge in [-0.3, -0.25) is 4.79 Å². The zero-order valence-corrected chi connectivity index (χ0v) is 16.8. The van der Waals surface area contributed by atoms with Crippen molar-refractivity contribution in [2.45, 2.75) is 32.4 Å². The number of ketones is 1. The first kappa shape index (κ1) is 21.9. The van der Waals surface area contributed by atoms with Crippen LogP contribution in [0.1, 0.15) is 25.3 Å². The first-order chi connectivity index (χ1) is 12.0. The number of hydrogen-bond acceptors (Lipinski definition) is 6. The van der Waals surface area contributed by atoms with E-state index < -0.39 is 12.1 Å². The topological polar surface area (TPSA) is 58.6 Å². The second kappa shape index (κ2) is 13.1. The summed E-state index contributed by atoms with van der Waals surface area (Å²) in [5.41, 5.74) is 0.917. The lowest BCUT2D eigenvalue weighted by molar-refractivity contribution is -0.120. The quantitative estimate of drug-likeness (QED) is 0.439. The minimum Gasteiger partial charge on any atom is -0.445 e. The number of rotatable bonds is 12. The van der Waals surface area contributed by atoms with Crippen molar-refractivity contribution in [2.75, 3.05) is 32.1 Å². The fourth-order valence-corrected chi connectivity index (χ4v) is 4.10. The van der Waals surface area contributed by atoms with Gasteiger partial charge >= 0.3 is 6.09 Å². The van der Waals surface area contributed by atoms with Crippen LogP contribution in [-0.2, 0) is 16.1 Å². The lowest BCUT2D eigenvalue weighted by Gasteiger charge is -2.13. The van der Waals surface area contributed by atoms with Crippen molar-refractivity contribution in [2.24, 2.45) is 0 Å². The van der Waals surface area contributed by atoms with Crippen LogP contribution in [0, 0.1) is 0 Å². The molecule has 7 heteroatoms. The van der Waals surface area contributed by atoms with Crippen LogP contribution in [0.4, 0.5) is 4.79 Å². The maximum atomic E-state index is 12.0. The van der Waals surface area contributed by atoms with E-state index in [-0.39, 0.29) is 12.4 Å². The van der Waals surface area contributed by atoms with Crippen molar-refractivity contribution in [1.29, 1.82) is 0 Å². The summed E-state index contributed by atoms with van der Waals surface area (Å²) in [7, 11) is 7.74. The standard InChI is InChI=1S/C18H28N2O3S2/c1-15(17(21)10-7-12-24-25-13-11-20(2)3)19-18(22)23-14-16-8-5-4-6-9-16/h4-6,8-9,15H,7,10-14H2,1-3H3,(H,19,22). The molecule has 0 radical (unpaired) electrons.